The summed E-state index contributed by atoms with van der Waals surface area (Å²) in [4.78, 5) is 37.4. The first-order chi connectivity index (χ1) is 20.7. The molecule has 0 bridgehead atoms. The van der Waals surface area contributed by atoms with Gasteiger partial charge in [-0.1, -0.05) is 18.2 Å². The standard InChI is InChI=1S/C33H26F3N5O2/c34-33(35,36)25-3-1-2-24(18-25)32(43)39-26-9-4-22(5-10-26)31(42)23-8-13-28-29(19-23)40-30(20-38-28)21-6-11-27(12-7-21)41-16-14-37-15-17-41/h1-13,18-20,37H,14-17H2,(H,39,43). The normalized spacial score (nSPS) is 13.6. The maximum atomic E-state index is 13.3. The van der Waals surface area contributed by atoms with Gasteiger partial charge in [0.1, 0.15) is 0 Å². The molecule has 0 spiro atoms. The van der Waals surface area contributed by atoms with Gasteiger partial charge >= 0.3 is 6.18 Å². The zero-order valence-electron chi connectivity index (χ0n) is 22.9. The maximum Gasteiger partial charge on any atom is 0.416 e. The molecule has 2 heterocycles. The van der Waals surface area contributed by atoms with Crippen LogP contribution >= 0.6 is 0 Å². The van der Waals surface area contributed by atoms with Crippen molar-refractivity contribution in [3.8, 4) is 11.3 Å². The van der Waals surface area contributed by atoms with E-state index in [4.69, 9.17) is 4.98 Å². The van der Waals surface area contributed by atoms with Crippen LogP contribution in [0.5, 0.6) is 0 Å². The summed E-state index contributed by atoms with van der Waals surface area (Å²) in [6.07, 6.45) is -2.83. The largest absolute Gasteiger partial charge is 0.416 e. The number of halogens is 3. The fraction of sp³-hybridized carbons (Fsp3) is 0.152. The van der Waals surface area contributed by atoms with Gasteiger partial charge in [-0.2, -0.15) is 13.2 Å². The molecule has 1 aliphatic rings. The lowest BCUT2D eigenvalue weighted by Crippen LogP contribution is -2.43. The molecule has 10 heteroatoms. The molecule has 1 aliphatic heterocycles. The molecule has 1 amide bonds. The summed E-state index contributed by atoms with van der Waals surface area (Å²) in [6, 6.07) is 23.7. The van der Waals surface area contributed by atoms with E-state index in [0.717, 1.165) is 49.6 Å². The number of carbonyl (C=O) groups excluding carboxylic acids is 2. The molecule has 5 aromatic rings. The van der Waals surface area contributed by atoms with Gasteiger partial charge in [-0.15, -0.1) is 0 Å². The summed E-state index contributed by atoms with van der Waals surface area (Å²) in [5.41, 5.74) is 4.14. The van der Waals surface area contributed by atoms with E-state index in [0.29, 0.717) is 33.5 Å². The highest BCUT2D eigenvalue weighted by Gasteiger charge is 2.31. The third-order valence-electron chi connectivity index (χ3n) is 7.31. The van der Waals surface area contributed by atoms with Crippen LogP contribution in [0.15, 0.2) is 97.2 Å². The molecule has 4 aromatic carbocycles. The van der Waals surface area contributed by atoms with Gasteiger partial charge in [-0.25, -0.2) is 4.98 Å². The topological polar surface area (TPSA) is 87.2 Å². The summed E-state index contributed by atoms with van der Waals surface area (Å²) >= 11 is 0. The third kappa shape index (κ3) is 6.24. The van der Waals surface area contributed by atoms with Crippen LogP contribution in [0.25, 0.3) is 22.3 Å². The molecule has 1 saturated heterocycles. The summed E-state index contributed by atoms with van der Waals surface area (Å²) in [6.45, 7) is 3.85. The molecule has 6 rings (SSSR count). The van der Waals surface area contributed by atoms with Gasteiger partial charge in [0, 0.05) is 59.8 Å². The Morgan fingerprint density at radius 3 is 2.23 bits per heavy atom. The first-order valence-electron chi connectivity index (χ1n) is 13.7. The number of carbonyl (C=O) groups is 2. The van der Waals surface area contributed by atoms with Gasteiger partial charge in [0.25, 0.3) is 5.91 Å². The second kappa shape index (κ2) is 11.7. The molecular weight excluding hydrogens is 555 g/mol. The monoisotopic (exact) mass is 581 g/mol. The van der Waals surface area contributed by atoms with Crippen molar-refractivity contribution in [2.75, 3.05) is 36.4 Å². The number of ketones is 1. The smallest absolute Gasteiger partial charge is 0.369 e. The molecule has 0 aliphatic carbocycles. The number of fused-ring (bicyclic) bond motifs is 1. The van der Waals surface area contributed by atoms with Crippen LogP contribution in [0.1, 0.15) is 31.8 Å². The fourth-order valence-electron chi connectivity index (χ4n) is 4.97. The zero-order chi connectivity index (χ0) is 30.0. The number of alkyl halides is 3. The van der Waals surface area contributed by atoms with E-state index < -0.39 is 17.6 Å². The SMILES string of the molecule is O=C(Nc1ccc(C(=O)c2ccc3ncc(-c4ccc(N5CCNCC5)cc4)nc3c2)cc1)c1cccc(C(F)(F)F)c1. The molecule has 0 unspecified atom stereocenters. The molecule has 1 fully saturated rings. The summed E-state index contributed by atoms with van der Waals surface area (Å²) in [7, 11) is 0. The fourth-order valence-corrected chi connectivity index (χ4v) is 4.97. The van der Waals surface area contributed by atoms with E-state index in [1.807, 2.05) is 12.1 Å². The van der Waals surface area contributed by atoms with Gasteiger partial charge < -0.3 is 15.5 Å². The van der Waals surface area contributed by atoms with Crippen LogP contribution in [0.4, 0.5) is 24.5 Å². The zero-order valence-corrected chi connectivity index (χ0v) is 22.9. The lowest BCUT2D eigenvalue weighted by molar-refractivity contribution is -0.137. The van der Waals surface area contributed by atoms with Crippen LogP contribution in [-0.4, -0.2) is 47.8 Å². The van der Waals surface area contributed by atoms with E-state index in [1.165, 1.54) is 24.3 Å². The third-order valence-corrected chi connectivity index (χ3v) is 7.31. The predicted octanol–water partition coefficient (Wildman–Crippen LogP) is 6.21. The number of hydrogen-bond acceptors (Lipinski definition) is 6. The van der Waals surface area contributed by atoms with E-state index in [-0.39, 0.29) is 11.3 Å². The molecular formula is C33H26F3N5O2. The number of rotatable bonds is 6. The molecule has 0 saturated carbocycles. The van der Waals surface area contributed by atoms with Crippen molar-refractivity contribution in [2.45, 2.75) is 6.18 Å². The quantitative estimate of drug-likeness (QED) is 0.232. The van der Waals surface area contributed by atoms with Gasteiger partial charge in [0.15, 0.2) is 5.78 Å². The van der Waals surface area contributed by atoms with Gasteiger partial charge in [0.2, 0.25) is 0 Å². The molecule has 0 atom stereocenters. The van der Waals surface area contributed by atoms with E-state index >= 15 is 0 Å². The van der Waals surface area contributed by atoms with Crippen molar-refractivity contribution >= 4 is 34.1 Å². The van der Waals surface area contributed by atoms with Crippen molar-refractivity contribution in [1.82, 2.24) is 15.3 Å². The van der Waals surface area contributed by atoms with E-state index in [2.05, 4.69) is 32.7 Å². The number of piperazine rings is 1. The van der Waals surface area contributed by atoms with Crippen LogP contribution in [-0.2, 0) is 6.18 Å². The average molecular weight is 582 g/mol. The number of nitrogens with zero attached hydrogens (tertiary/aromatic N) is 3. The van der Waals surface area contributed by atoms with Crippen molar-refractivity contribution < 1.29 is 22.8 Å². The van der Waals surface area contributed by atoms with Crippen LogP contribution in [0.3, 0.4) is 0 Å². The first kappa shape index (κ1) is 28.0. The summed E-state index contributed by atoms with van der Waals surface area (Å²) < 4.78 is 39.0. The molecule has 2 N–H and O–H groups in total. The lowest BCUT2D eigenvalue weighted by Gasteiger charge is -2.29. The van der Waals surface area contributed by atoms with E-state index in [1.54, 1.807) is 36.5 Å². The Morgan fingerprint density at radius 2 is 1.51 bits per heavy atom. The molecule has 0 radical (unpaired) electrons. The Labute approximate surface area is 245 Å². The van der Waals surface area contributed by atoms with Crippen molar-refractivity contribution in [3.05, 3.63) is 119 Å². The minimum absolute atomic E-state index is 0.123. The second-order valence-electron chi connectivity index (χ2n) is 10.2. The molecule has 43 heavy (non-hydrogen) atoms. The van der Waals surface area contributed by atoms with Crippen molar-refractivity contribution in [1.29, 1.82) is 0 Å². The molecule has 7 nitrogen and oxygen atoms in total. The van der Waals surface area contributed by atoms with Gasteiger partial charge in [0.05, 0.1) is 28.5 Å². The Morgan fingerprint density at radius 1 is 0.791 bits per heavy atom. The maximum absolute atomic E-state index is 13.3. The highest BCUT2D eigenvalue weighted by Crippen LogP contribution is 2.30. The second-order valence-corrected chi connectivity index (χ2v) is 10.2. The number of amides is 1. The summed E-state index contributed by atoms with van der Waals surface area (Å²) in [5.74, 6) is -0.933. The Bertz CT molecular complexity index is 1800. The highest BCUT2D eigenvalue weighted by molar-refractivity contribution is 6.11. The molecule has 216 valence electrons. The lowest BCUT2D eigenvalue weighted by atomic mass is 10.0. The number of nitrogens with one attached hydrogen (secondary N) is 2. The number of aromatic nitrogens is 2. The van der Waals surface area contributed by atoms with Crippen LogP contribution in [0.2, 0.25) is 0 Å². The number of anilines is 2. The van der Waals surface area contributed by atoms with Crippen LogP contribution < -0.4 is 15.5 Å². The average Bonchev–Trinajstić information content (AvgIpc) is 3.04. The van der Waals surface area contributed by atoms with Crippen molar-refractivity contribution in [2.24, 2.45) is 0 Å². The first-order valence-corrected chi connectivity index (χ1v) is 13.7. The minimum atomic E-state index is -4.55. The highest BCUT2D eigenvalue weighted by atomic mass is 19.4. The number of hydrogen-bond donors (Lipinski definition) is 2. The van der Waals surface area contributed by atoms with Crippen LogP contribution in [0, 0.1) is 0 Å². The van der Waals surface area contributed by atoms with E-state index in [9.17, 15) is 22.8 Å². The predicted molar refractivity (Wildman–Crippen MR) is 159 cm³/mol. The minimum Gasteiger partial charge on any atom is -0.369 e. The Balaban J connectivity index is 1.16. The number of benzene rings is 4. The molecule has 1 aromatic heterocycles. The Hall–Kier alpha value is -5.09. The van der Waals surface area contributed by atoms with Gasteiger partial charge in [-0.3, -0.25) is 14.6 Å². The summed E-state index contributed by atoms with van der Waals surface area (Å²) in [5, 5.41) is 5.92. The van der Waals surface area contributed by atoms with Crippen molar-refractivity contribution in [3.63, 3.8) is 0 Å². The Kier molecular flexibility index (Phi) is 7.60. The van der Waals surface area contributed by atoms with Gasteiger partial charge in [-0.05, 0) is 72.8 Å².